The summed E-state index contributed by atoms with van der Waals surface area (Å²) in [7, 11) is 2.18. The Labute approximate surface area is 87.2 Å². The van der Waals surface area contributed by atoms with Gasteiger partial charge in [-0.25, -0.2) is 0 Å². The van der Waals surface area contributed by atoms with E-state index in [4.69, 9.17) is 5.73 Å². The summed E-state index contributed by atoms with van der Waals surface area (Å²) in [5.74, 6) is 1.94. The van der Waals surface area contributed by atoms with Crippen molar-refractivity contribution in [1.82, 2.24) is 4.90 Å². The number of rotatable bonds is 7. The average molecular weight is 204 g/mol. The van der Waals surface area contributed by atoms with Crippen LogP contribution < -0.4 is 5.73 Å². The van der Waals surface area contributed by atoms with Gasteiger partial charge in [-0.1, -0.05) is 13.8 Å². The molecule has 0 aliphatic carbocycles. The first-order valence-electron chi connectivity index (χ1n) is 5.01. The number of hydrogen-bond acceptors (Lipinski definition) is 3. The van der Waals surface area contributed by atoms with Gasteiger partial charge in [0.1, 0.15) is 0 Å². The summed E-state index contributed by atoms with van der Waals surface area (Å²) >= 11 is 1.89. The SMILES string of the molecule is CSCCN(C)C(CN)CC(C)C. The van der Waals surface area contributed by atoms with Crippen LogP contribution in [0.1, 0.15) is 20.3 Å². The van der Waals surface area contributed by atoms with Crippen LogP contribution in [0.15, 0.2) is 0 Å². The van der Waals surface area contributed by atoms with Crippen LogP contribution in [-0.4, -0.2) is 43.1 Å². The van der Waals surface area contributed by atoms with E-state index in [-0.39, 0.29) is 0 Å². The van der Waals surface area contributed by atoms with Gasteiger partial charge in [0.15, 0.2) is 0 Å². The predicted molar refractivity (Wildman–Crippen MR) is 63.3 cm³/mol. The molecule has 0 heterocycles. The van der Waals surface area contributed by atoms with Gasteiger partial charge in [0.2, 0.25) is 0 Å². The molecule has 0 rings (SSSR count). The second-order valence-corrected chi connectivity index (χ2v) is 4.98. The van der Waals surface area contributed by atoms with E-state index in [1.54, 1.807) is 0 Å². The van der Waals surface area contributed by atoms with Crippen LogP contribution in [0.2, 0.25) is 0 Å². The maximum Gasteiger partial charge on any atom is 0.0218 e. The Morgan fingerprint density at radius 3 is 2.38 bits per heavy atom. The Morgan fingerprint density at radius 2 is 2.00 bits per heavy atom. The summed E-state index contributed by atoms with van der Waals surface area (Å²) in [5.41, 5.74) is 5.75. The minimum atomic E-state index is 0.562. The minimum absolute atomic E-state index is 0.562. The van der Waals surface area contributed by atoms with Gasteiger partial charge in [0.25, 0.3) is 0 Å². The molecule has 13 heavy (non-hydrogen) atoms. The summed E-state index contributed by atoms with van der Waals surface area (Å²) in [5, 5.41) is 0. The normalized spacial score (nSPS) is 14.1. The summed E-state index contributed by atoms with van der Waals surface area (Å²) in [6, 6.07) is 0.562. The fourth-order valence-electron chi connectivity index (χ4n) is 1.42. The van der Waals surface area contributed by atoms with Crippen molar-refractivity contribution in [3.8, 4) is 0 Å². The van der Waals surface area contributed by atoms with Gasteiger partial charge in [-0.05, 0) is 25.6 Å². The van der Waals surface area contributed by atoms with E-state index in [2.05, 4.69) is 32.1 Å². The largest absolute Gasteiger partial charge is 0.329 e. The highest BCUT2D eigenvalue weighted by Gasteiger charge is 2.13. The van der Waals surface area contributed by atoms with Gasteiger partial charge in [-0.3, -0.25) is 0 Å². The van der Waals surface area contributed by atoms with Gasteiger partial charge in [0, 0.05) is 24.9 Å². The first kappa shape index (κ1) is 13.3. The number of hydrogen-bond donors (Lipinski definition) is 1. The lowest BCUT2D eigenvalue weighted by Gasteiger charge is -2.28. The molecule has 0 aliphatic heterocycles. The van der Waals surface area contributed by atoms with Crippen molar-refractivity contribution in [2.24, 2.45) is 11.7 Å². The van der Waals surface area contributed by atoms with Crippen LogP contribution in [0, 0.1) is 5.92 Å². The molecule has 0 aromatic heterocycles. The van der Waals surface area contributed by atoms with Gasteiger partial charge < -0.3 is 10.6 Å². The molecule has 0 radical (unpaired) electrons. The Morgan fingerprint density at radius 1 is 1.38 bits per heavy atom. The molecule has 1 atom stereocenters. The zero-order chi connectivity index (χ0) is 10.3. The fourth-order valence-corrected chi connectivity index (χ4v) is 1.89. The van der Waals surface area contributed by atoms with Crippen LogP contribution >= 0.6 is 11.8 Å². The van der Waals surface area contributed by atoms with E-state index in [1.165, 1.54) is 12.2 Å². The lowest BCUT2D eigenvalue weighted by atomic mass is 10.0. The lowest BCUT2D eigenvalue weighted by Crippen LogP contribution is -2.40. The van der Waals surface area contributed by atoms with Gasteiger partial charge in [-0.2, -0.15) is 11.8 Å². The smallest absolute Gasteiger partial charge is 0.0218 e. The van der Waals surface area contributed by atoms with Crippen LogP contribution in [-0.2, 0) is 0 Å². The van der Waals surface area contributed by atoms with E-state index >= 15 is 0 Å². The van der Waals surface area contributed by atoms with Crippen molar-refractivity contribution in [3.63, 3.8) is 0 Å². The quantitative estimate of drug-likeness (QED) is 0.684. The van der Waals surface area contributed by atoms with Gasteiger partial charge in [0.05, 0.1) is 0 Å². The maximum atomic E-state index is 5.75. The molecule has 0 amide bonds. The van der Waals surface area contributed by atoms with Crippen LogP contribution in [0.4, 0.5) is 0 Å². The van der Waals surface area contributed by atoms with Crippen molar-refractivity contribution in [3.05, 3.63) is 0 Å². The first-order valence-corrected chi connectivity index (χ1v) is 6.40. The lowest BCUT2D eigenvalue weighted by molar-refractivity contribution is 0.230. The first-order chi connectivity index (χ1) is 6.11. The van der Waals surface area contributed by atoms with E-state index in [0.29, 0.717) is 6.04 Å². The Balaban J connectivity index is 3.77. The molecule has 0 aromatic carbocycles. The zero-order valence-corrected chi connectivity index (χ0v) is 10.2. The molecule has 0 aromatic rings. The summed E-state index contributed by atoms with van der Waals surface area (Å²) < 4.78 is 0. The third-order valence-electron chi connectivity index (χ3n) is 2.29. The molecule has 3 heteroatoms. The highest BCUT2D eigenvalue weighted by atomic mass is 32.2. The standard InChI is InChI=1S/C10H24N2S/c1-9(2)7-10(8-11)12(3)5-6-13-4/h9-10H,5-8,11H2,1-4H3. The molecule has 0 spiro atoms. The number of nitrogens with zero attached hydrogens (tertiary/aromatic N) is 1. The molecule has 0 saturated heterocycles. The number of likely N-dealkylation sites (N-methyl/N-ethyl adjacent to an activating group) is 1. The molecule has 2 N–H and O–H groups in total. The Hall–Kier alpha value is 0.270. The number of thioether (sulfide) groups is 1. The third kappa shape index (κ3) is 6.36. The van der Waals surface area contributed by atoms with Crippen molar-refractivity contribution < 1.29 is 0 Å². The van der Waals surface area contributed by atoms with Crippen molar-refractivity contribution in [1.29, 1.82) is 0 Å². The predicted octanol–water partition coefficient (Wildman–Crippen LogP) is 1.65. The number of nitrogens with two attached hydrogens (primary N) is 1. The summed E-state index contributed by atoms with van der Waals surface area (Å²) in [6.07, 6.45) is 3.36. The van der Waals surface area contributed by atoms with E-state index in [1.807, 2.05) is 11.8 Å². The zero-order valence-electron chi connectivity index (χ0n) is 9.42. The van der Waals surface area contributed by atoms with Crippen LogP contribution in [0.5, 0.6) is 0 Å². The molecular formula is C10H24N2S. The van der Waals surface area contributed by atoms with E-state index < -0.39 is 0 Å². The monoisotopic (exact) mass is 204 g/mol. The third-order valence-corrected chi connectivity index (χ3v) is 2.88. The van der Waals surface area contributed by atoms with Crippen molar-refractivity contribution in [2.45, 2.75) is 26.3 Å². The highest BCUT2D eigenvalue weighted by molar-refractivity contribution is 7.98. The summed E-state index contributed by atoms with van der Waals surface area (Å²) in [6.45, 7) is 6.44. The topological polar surface area (TPSA) is 29.3 Å². The molecule has 0 bridgehead atoms. The molecule has 0 saturated carbocycles. The minimum Gasteiger partial charge on any atom is -0.329 e. The molecule has 80 valence electrons. The van der Waals surface area contributed by atoms with Crippen LogP contribution in [0.3, 0.4) is 0 Å². The molecule has 2 nitrogen and oxygen atoms in total. The molecule has 0 aliphatic rings. The summed E-state index contributed by atoms with van der Waals surface area (Å²) in [4.78, 5) is 2.39. The van der Waals surface area contributed by atoms with E-state index in [0.717, 1.165) is 19.0 Å². The second-order valence-electron chi connectivity index (χ2n) is 3.99. The highest BCUT2D eigenvalue weighted by Crippen LogP contribution is 2.09. The average Bonchev–Trinajstić information content (AvgIpc) is 2.09. The van der Waals surface area contributed by atoms with Crippen molar-refractivity contribution >= 4 is 11.8 Å². The van der Waals surface area contributed by atoms with Gasteiger partial charge >= 0.3 is 0 Å². The van der Waals surface area contributed by atoms with Gasteiger partial charge in [-0.15, -0.1) is 0 Å². The molecular weight excluding hydrogens is 180 g/mol. The Bertz CT molecular complexity index is 117. The second kappa shape index (κ2) is 7.65. The Kier molecular flexibility index (Phi) is 7.81. The maximum absolute atomic E-state index is 5.75. The molecule has 1 unspecified atom stereocenters. The van der Waals surface area contributed by atoms with Crippen molar-refractivity contribution in [2.75, 3.05) is 32.1 Å². The van der Waals surface area contributed by atoms with E-state index in [9.17, 15) is 0 Å². The fraction of sp³-hybridized carbons (Fsp3) is 1.00. The van der Waals surface area contributed by atoms with Crippen LogP contribution in [0.25, 0.3) is 0 Å². The molecule has 0 fully saturated rings.